The number of methoxy groups -OCH3 is 3. The minimum Gasteiger partial charge on any atom is -0.496 e. The van der Waals surface area contributed by atoms with Crippen molar-refractivity contribution in [2.45, 2.75) is 19.3 Å². The van der Waals surface area contributed by atoms with Crippen molar-refractivity contribution < 1.29 is 28.8 Å². The number of carbonyl (C=O) groups is 1. The van der Waals surface area contributed by atoms with Crippen LogP contribution in [0.25, 0.3) is 0 Å². The van der Waals surface area contributed by atoms with Crippen molar-refractivity contribution in [1.82, 2.24) is 0 Å². The van der Waals surface area contributed by atoms with Gasteiger partial charge in [0.2, 0.25) is 0 Å². The van der Waals surface area contributed by atoms with Crippen LogP contribution in [0.2, 0.25) is 0 Å². The normalized spacial score (nSPS) is 10.3. The number of carboxylic acids is 1. The first-order valence-corrected chi connectivity index (χ1v) is 8.29. The molecule has 26 heavy (non-hydrogen) atoms. The molecule has 0 aliphatic carbocycles. The van der Waals surface area contributed by atoms with Crippen LogP contribution in [0.3, 0.4) is 0 Å². The SMILES string of the molecule is COc1cc(OC)c(OC)cc1CCCc1cccc(OCC(=O)O)c1. The number of benzene rings is 2. The van der Waals surface area contributed by atoms with Crippen molar-refractivity contribution in [2.24, 2.45) is 0 Å². The summed E-state index contributed by atoms with van der Waals surface area (Å²) in [5, 5.41) is 8.69. The second-order valence-corrected chi connectivity index (χ2v) is 5.70. The van der Waals surface area contributed by atoms with Crippen LogP contribution in [-0.2, 0) is 17.6 Å². The number of aryl methyl sites for hydroxylation is 2. The van der Waals surface area contributed by atoms with Crippen LogP contribution in [0.4, 0.5) is 0 Å². The maximum atomic E-state index is 10.6. The van der Waals surface area contributed by atoms with E-state index in [2.05, 4.69) is 0 Å². The van der Waals surface area contributed by atoms with E-state index in [1.165, 1.54) is 0 Å². The van der Waals surface area contributed by atoms with Gasteiger partial charge in [0.1, 0.15) is 11.5 Å². The molecule has 0 amide bonds. The van der Waals surface area contributed by atoms with Crippen LogP contribution in [0.5, 0.6) is 23.0 Å². The maximum Gasteiger partial charge on any atom is 0.341 e. The van der Waals surface area contributed by atoms with Crippen molar-refractivity contribution in [2.75, 3.05) is 27.9 Å². The van der Waals surface area contributed by atoms with Gasteiger partial charge >= 0.3 is 5.97 Å². The molecule has 0 spiro atoms. The summed E-state index contributed by atoms with van der Waals surface area (Å²) in [5.41, 5.74) is 2.13. The van der Waals surface area contributed by atoms with Gasteiger partial charge in [-0.1, -0.05) is 12.1 Å². The molecule has 0 aromatic heterocycles. The summed E-state index contributed by atoms with van der Waals surface area (Å²) in [5.74, 6) is 1.65. The summed E-state index contributed by atoms with van der Waals surface area (Å²) >= 11 is 0. The molecule has 0 fully saturated rings. The lowest BCUT2D eigenvalue weighted by Crippen LogP contribution is -2.09. The molecule has 6 nitrogen and oxygen atoms in total. The third kappa shape index (κ3) is 5.31. The van der Waals surface area contributed by atoms with Crippen LogP contribution < -0.4 is 18.9 Å². The lowest BCUT2D eigenvalue weighted by molar-refractivity contribution is -0.139. The lowest BCUT2D eigenvalue weighted by atomic mass is 10.0. The fourth-order valence-electron chi connectivity index (χ4n) is 2.71. The van der Waals surface area contributed by atoms with Crippen LogP contribution in [0.15, 0.2) is 36.4 Å². The van der Waals surface area contributed by atoms with Crippen LogP contribution in [0.1, 0.15) is 17.5 Å². The Hall–Kier alpha value is -2.89. The van der Waals surface area contributed by atoms with Gasteiger partial charge < -0.3 is 24.1 Å². The second kappa shape index (κ2) is 9.56. The Labute approximate surface area is 153 Å². The van der Waals surface area contributed by atoms with E-state index in [0.29, 0.717) is 17.2 Å². The van der Waals surface area contributed by atoms with E-state index in [1.54, 1.807) is 27.4 Å². The average Bonchev–Trinajstić information content (AvgIpc) is 2.66. The van der Waals surface area contributed by atoms with Crippen molar-refractivity contribution >= 4 is 5.97 Å². The second-order valence-electron chi connectivity index (χ2n) is 5.70. The first-order chi connectivity index (χ1) is 12.6. The predicted molar refractivity (Wildman–Crippen MR) is 97.7 cm³/mol. The molecule has 0 radical (unpaired) electrons. The third-order valence-corrected chi connectivity index (χ3v) is 3.96. The molecule has 0 aliphatic rings. The van der Waals surface area contributed by atoms with Gasteiger partial charge in [-0.25, -0.2) is 4.79 Å². The van der Waals surface area contributed by atoms with Crippen molar-refractivity contribution in [3.8, 4) is 23.0 Å². The fraction of sp³-hybridized carbons (Fsp3) is 0.350. The Morgan fingerprint density at radius 1 is 0.923 bits per heavy atom. The zero-order valence-electron chi connectivity index (χ0n) is 15.3. The van der Waals surface area contributed by atoms with Gasteiger partial charge in [-0.15, -0.1) is 0 Å². The molecule has 0 bridgehead atoms. The minimum absolute atomic E-state index is 0.341. The molecule has 0 aliphatic heterocycles. The Balaban J connectivity index is 2.01. The standard InChI is InChI=1S/C20H24O6/c1-23-17-12-19(25-3)18(24-2)11-15(17)8-4-6-14-7-5-9-16(10-14)26-13-20(21)22/h5,7,9-12H,4,6,8,13H2,1-3H3,(H,21,22). The topological polar surface area (TPSA) is 74.2 Å². The highest BCUT2D eigenvalue weighted by Crippen LogP contribution is 2.35. The molecule has 0 heterocycles. The number of rotatable bonds is 10. The monoisotopic (exact) mass is 360 g/mol. The number of carboxylic acid groups (broad SMARTS) is 1. The van der Waals surface area contributed by atoms with Gasteiger partial charge in [0.15, 0.2) is 18.1 Å². The molecular formula is C20H24O6. The smallest absolute Gasteiger partial charge is 0.341 e. The zero-order chi connectivity index (χ0) is 18.9. The quantitative estimate of drug-likeness (QED) is 0.700. The molecular weight excluding hydrogens is 336 g/mol. The molecule has 2 aromatic rings. The van der Waals surface area contributed by atoms with E-state index in [-0.39, 0.29) is 6.61 Å². The lowest BCUT2D eigenvalue weighted by Gasteiger charge is -2.14. The molecule has 140 valence electrons. The Kier molecular flexibility index (Phi) is 7.14. The van der Waals surface area contributed by atoms with E-state index in [1.807, 2.05) is 30.3 Å². The number of hydrogen-bond acceptors (Lipinski definition) is 5. The van der Waals surface area contributed by atoms with Crippen LogP contribution in [-0.4, -0.2) is 39.0 Å². The molecule has 6 heteroatoms. The van der Waals surface area contributed by atoms with Crippen molar-refractivity contribution in [1.29, 1.82) is 0 Å². The molecule has 0 unspecified atom stereocenters. The van der Waals surface area contributed by atoms with Gasteiger partial charge in [0.05, 0.1) is 21.3 Å². The first-order valence-electron chi connectivity index (χ1n) is 8.29. The summed E-state index contributed by atoms with van der Waals surface area (Å²) in [6.45, 7) is -0.341. The minimum atomic E-state index is -0.990. The average molecular weight is 360 g/mol. The van der Waals surface area contributed by atoms with E-state index in [9.17, 15) is 4.79 Å². The van der Waals surface area contributed by atoms with Gasteiger partial charge in [0.25, 0.3) is 0 Å². The van der Waals surface area contributed by atoms with Crippen molar-refractivity contribution in [3.05, 3.63) is 47.5 Å². The van der Waals surface area contributed by atoms with Crippen LogP contribution >= 0.6 is 0 Å². The summed E-state index contributed by atoms with van der Waals surface area (Å²) in [7, 11) is 4.83. The summed E-state index contributed by atoms with van der Waals surface area (Å²) in [6, 6.07) is 11.3. The van der Waals surface area contributed by atoms with E-state index >= 15 is 0 Å². The molecule has 0 saturated carbocycles. The Morgan fingerprint density at radius 2 is 1.62 bits per heavy atom. The summed E-state index contributed by atoms with van der Waals surface area (Å²) < 4.78 is 21.3. The fourth-order valence-corrected chi connectivity index (χ4v) is 2.71. The third-order valence-electron chi connectivity index (χ3n) is 3.96. The van der Waals surface area contributed by atoms with Gasteiger partial charge in [-0.05, 0) is 48.6 Å². The van der Waals surface area contributed by atoms with Crippen molar-refractivity contribution in [3.63, 3.8) is 0 Å². The highest BCUT2D eigenvalue weighted by molar-refractivity contribution is 5.68. The van der Waals surface area contributed by atoms with Gasteiger partial charge in [-0.3, -0.25) is 0 Å². The highest BCUT2D eigenvalue weighted by Gasteiger charge is 2.11. The molecule has 0 saturated heterocycles. The largest absolute Gasteiger partial charge is 0.496 e. The number of aliphatic carboxylic acids is 1. The Bertz CT molecular complexity index is 741. The molecule has 2 aromatic carbocycles. The van der Waals surface area contributed by atoms with Gasteiger partial charge in [-0.2, -0.15) is 0 Å². The van der Waals surface area contributed by atoms with Gasteiger partial charge in [0, 0.05) is 6.07 Å². The molecule has 1 N–H and O–H groups in total. The maximum absolute atomic E-state index is 10.6. The van der Waals surface area contributed by atoms with Crippen LogP contribution in [0, 0.1) is 0 Å². The molecule has 0 atom stereocenters. The summed E-state index contributed by atoms with van der Waals surface area (Å²) in [4.78, 5) is 10.6. The predicted octanol–water partition coefficient (Wildman–Crippen LogP) is 3.35. The molecule has 2 rings (SSSR count). The first kappa shape index (κ1) is 19.4. The number of hydrogen-bond donors (Lipinski definition) is 1. The van der Waals surface area contributed by atoms with E-state index in [4.69, 9.17) is 24.1 Å². The number of ether oxygens (including phenoxy) is 4. The summed E-state index contributed by atoms with van der Waals surface area (Å²) in [6.07, 6.45) is 2.54. The Morgan fingerprint density at radius 3 is 2.27 bits per heavy atom. The zero-order valence-corrected chi connectivity index (χ0v) is 15.3. The van der Waals surface area contributed by atoms with E-state index in [0.717, 1.165) is 36.1 Å². The van der Waals surface area contributed by atoms with E-state index < -0.39 is 5.97 Å². The highest BCUT2D eigenvalue weighted by atomic mass is 16.5.